The monoisotopic (exact) mass is 366 g/mol. The van der Waals surface area contributed by atoms with E-state index in [2.05, 4.69) is 10.3 Å². The maximum atomic E-state index is 12.6. The molecule has 6 nitrogen and oxygen atoms in total. The van der Waals surface area contributed by atoms with Crippen LogP contribution in [0.25, 0.3) is 11.0 Å². The van der Waals surface area contributed by atoms with Crippen LogP contribution in [0, 0.1) is 0 Å². The third-order valence-corrected chi connectivity index (χ3v) is 4.12. The molecule has 0 spiro atoms. The van der Waals surface area contributed by atoms with Gasteiger partial charge in [-0.2, -0.15) is 0 Å². The van der Waals surface area contributed by atoms with Crippen LogP contribution in [-0.4, -0.2) is 17.0 Å². The molecule has 1 N–H and O–H groups in total. The number of carbonyl (C=O) groups is 1. The molecule has 0 radical (unpaired) electrons. The number of amides is 1. The van der Waals surface area contributed by atoms with Crippen molar-refractivity contribution in [2.75, 3.05) is 0 Å². The fourth-order valence-electron chi connectivity index (χ4n) is 2.83. The number of aromatic nitrogens is 1. The smallest absolute Gasteiger partial charge is 0.349 e. The topological polar surface area (TPSA) is 81.4 Å². The van der Waals surface area contributed by atoms with Gasteiger partial charge in [-0.3, -0.25) is 9.78 Å². The Balaban J connectivity index is 1.88. The molecule has 6 heteroatoms. The minimum Gasteiger partial charge on any atom is -0.491 e. The second-order valence-corrected chi connectivity index (χ2v) is 6.53. The van der Waals surface area contributed by atoms with Gasteiger partial charge >= 0.3 is 5.63 Å². The average molecular weight is 366 g/mol. The molecular formula is C21H22N2O4. The van der Waals surface area contributed by atoms with Gasteiger partial charge in [-0.1, -0.05) is 13.0 Å². The lowest BCUT2D eigenvalue weighted by Crippen LogP contribution is -2.31. The molecule has 2 heterocycles. The molecule has 0 aliphatic heterocycles. The Morgan fingerprint density at radius 1 is 1.26 bits per heavy atom. The van der Waals surface area contributed by atoms with Crippen molar-refractivity contribution in [3.05, 3.63) is 70.3 Å². The molecule has 27 heavy (non-hydrogen) atoms. The van der Waals surface area contributed by atoms with Crippen LogP contribution in [0.3, 0.4) is 0 Å². The number of nitrogens with one attached hydrogen (secondary N) is 1. The molecule has 3 aromatic rings. The van der Waals surface area contributed by atoms with E-state index in [-0.39, 0.29) is 17.7 Å². The van der Waals surface area contributed by atoms with E-state index in [9.17, 15) is 9.59 Å². The van der Waals surface area contributed by atoms with Gasteiger partial charge in [0, 0.05) is 23.8 Å². The first kappa shape index (κ1) is 18.6. The van der Waals surface area contributed by atoms with Crippen molar-refractivity contribution < 1.29 is 13.9 Å². The first-order valence-electron chi connectivity index (χ1n) is 8.93. The van der Waals surface area contributed by atoms with Crippen LogP contribution < -0.4 is 15.7 Å². The zero-order chi connectivity index (χ0) is 19.4. The maximum absolute atomic E-state index is 12.6. The molecule has 1 amide bonds. The maximum Gasteiger partial charge on any atom is 0.349 e. The average Bonchev–Trinajstić information content (AvgIpc) is 2.65. The molecule has 0 saturated carbocycles. The van der Waals surface area contributed by atoms with Gasteiger partial charge in [0.05, 0.1) is 12.1 Å². The van der Waals surface area contributed by atoms with E-state index < -0.39 is 11.5 Å². The van der Waals surface area contributed by atoms with Crippen molar-refractivity contribution in [2.45, 2.75) is 39.3 Å². The number of hydrogen-bond acceptors (Lipinski definition) is 5. The third-order valence-electron chi connectivity index (χ3n) is 4.12. The normalized spacial score (nSPS) is 12.1. The second-order valence-electron chi connectivity index (χ2n) is 6.53. The van der Waals surface area contributed by atoms with E-state index in [1.54, 1.807) is 36.7 Å². The number of carbonyl (C=O) groups excluding carboxylic acids is 1. The van der Waals surface area contributed by atoms with Crippen LogP contribution >= 0.6 is 0 Å². The van der Waals surface area contributed by atoms with Crippen LogP contribution in [-0.2, 0) is 0 Å². The summed E-state index contributed by atoms with van der Waals surface area (Å²) in [5.74, 6) is 0.143. The number of benzene rings is 1. The lowest BCUT2D eigenvalue weighted by atomic mass is 10.1. The van der Waals surface area contributed by atoms with Gasteiger partial charge in [0.1, 0.15) is 16.9 Å². The van der Waals surface area contributed by atoms with E-state index in [0.717, 1.165) is 5.56 Å². The summed E-state index contributed by atoms with van der Waals surface area (Å²) in [6.45, 7) is 5.79. The predicted octanol–water partition coefficient (Wildman–Crippen LogP) is 3.86. The molecule has 0 saturated heterocycles. The summed E-state index contributed by atoms with van der Waals surface area (Å²) in [7, 11) is 0. The number of pyridine rings is 1. The van der Waals surface area contributed by atoms with E-state index >= 15 is 0 Å². The van der Waals surface area contributed by atoms with E-state index in [1.807, 2.05) is 32.9 Å². The molecule has 0 fully saturated rings. The van der Waals surface area contributed by atoms with Crippen molar-refractivity contribution >= 4 is 16.9 Å². The largest absolute Gasteiger partial charge is 0.491 e. The summed E-state index contributed by atoms with van der Waals surface area (Å²) in [4.78, 5) is 29.1. The van der Waals surface area contributed by atoms with Crippen molar-refractivity contribution in [1.29, 1.82) is 0 Å². The summed E-state index contributed by atoms with van der Waals surface area (Å²) in [6, 6.07) is 10.2. The van der Waals surface area contributed by atoms with Crippen LogP contribution in [0.15, 0.2) is 58.0 Å². The Labute approximate surface area is 157 Å². The Morgan fingerprint density at radius 3 is 2.74 bits per heavy atom. The molecule has 2 aromatic heterocycles. The Hall–Kier alpha value is -3.15. The fourth-order valence-corrected chi connectivity index (χ4v) is 2.83. The summed E-state index contributed by atoms with van der Waals surface area (Å²) in [6.07, 6.45) is 4.06. The van der Waals surface area contributed by atoms with Gasteiger partial charge in [0.25, 0.3) is 5.91 Å². The van der Waals surface area contributed by atoms with Crippen molar-refractivity contribution in [3.63, 3.8) is 0 Å². The first-order chi connectivity index (χ1) is 13.0. The molecule has 1 unspecified atom stereocenters. The predicted molar refractivity (Wildman–Crippen MR) is 103 cm³/mol. The van der Waals surface area contributed by atoms with Gasteiger partial charge in [-0.05, 0) is 50.1 Å². The Bertz CT molecular complexity index is 996. The van der Waals surface area contributed by atoms with E-state index in [4.69, 9.17) is 9.15 Å². The Morgan fingerprint density at radius 2 is 2.07 bits per heavy atom. The zero-order valence-electron chi connectivity index (χ0n) is 15.6. The highest BCUT2D eigenvalue weighted by atomic mass is 16.5. The van der Waals surface area contributed by atoms with Gasteiger partial charge in [-0.15, -0.1) is 0 Å². The lowest BCUT2D eigenvalue weighted by Gasteiger charge is -2.16. The zero-order valence-corrected chi connectivity index (χ0v) is 15.6. The highest BCUT2D eigenvalue weighted by Crippen LogP contribution is 2.22. The molecule has 0 aliphatic rings. The Kier molecular flexibility index (Phi) is 5.54. The molecular weight excluding hydrogens is 344 g/mol. The van der Waals surface area contributed by atoms with Gasteiger partial charge in [0.2, 0.25) is 0 Å². The van der Waals surface area contributed by atoms with Crippen LogP contribution in [0.1, 0.15) is 49.2 Å². The second kappa shape index (κ2) is 8.03. The summed E-state index contributed by atoms with van der Waals surface area (Å²) < 4.78 is 11.0. The number of rotatable bonds is 6. The summed E-state index contributed by atoms with van der Waals surface area (Å²) in [5.41, 5.74) is 0.563. The molecule has 1 aromatic carbocycles. The molecule has 3 rings (SSSR count). The van der Waals surface area contributed by atoms with Crippen molar-refractivity contribution in [1.82, 2.24) is 10.3 Å². The van der Waals surface area contributed by atoms with Crippen molar-refractivity contribution in [3.8, 4) is 5.75 Å². The summed E-state index contributed by atoms with van der Waals surface area (Å²) >= 11 is 0. The van der Waals surface area contributed by atoms with Crippen LogP contribution in [0.5, 0.6) is 5.75 Å². The van der Waals surface area contributed by atoms with Crippen LogP contribution in [0.4, 0.5) is 0 Å². The van der Waals surface area contributed by atoms with Gasteiger partial charge in [-0.25, -0.2) is 4.79 Å². The first-order valence-corrected chi connectivity index (χ1v) is 8.93. The SMILES string of the molecule is CCC(NC(=O)c1cc2ccc(OC(C)C)cc2oc1=O)c1cccnc1. The third kappa shape index (κ3) is 4.34. The molecule has 140 valence electrons. The standard InChI is InChI=1S/C21H22N2O4/c1-4-18(15-6-5-9-22-12-15)23-20(24)17-10-14-7-8-16(26-13(2)3)11-19(14)27-21(17)25/h5-13,18H,4H2,1-3H3,(H,23,24). The molecule has 1 atom stereocenters. The van der Waals surface area contributed by atoms with E-state index in [0.29, 0.717) is 23.1 Å². The van der Waals surface area contributed by atoms with Crippen molar-refractivity contribution in [2.24, 2.45) is 0 Å². The highest BCUT2D eigenvalue weighted by molar-refractivity contribution is 5.97. The molecule has 0 bridgehead atoms. The highest BCUT2D eigenvalue weighted by Gasteiger charge is 2.18. The number of ether oxygens (including phenoxy) is 1. The van der Waals surface area contributed by atoms with Crippen LogP contribution in [0.2, 0.25) is 0 Å². The summed E-state index contributed by atoms with van der Waals surface area (Å²) in [5, 5.41) is 3.54. The fraction of sp³-hybridized carbons (Fsp3) is 0.286. The van der Waals surface area contributed by atoms with E-state index in [1.165, 1.54) is 0 Å². The quantitative estimate of drug-likeness (QED) is 0.670. The lowest BCUT2D eigenvalue weighted by molar-refractivity contribution is 0.0932. The van der Waals surface area contributed by atoms with Gasteiger partial charge < -0.3 is 14.5 Å². The van der Waals surface area contributed by atoms with Gasteiger partial charge in [0.15, 0.2) is 0 Å². The number of hydrogen-bond donors (Lipinski definition) is 1. The molecule has 0 aliphatic carbocycles. The number of nitrogens with zero attached hydrogens (tertiary/aromatic N) is 1. The minimum absolute atomic E-state index is 0.0117. The number of fused-ring (bicyclic) bond motifs is 1. The minimum atomic E-state index is -0.678.